The number of hydrogen-bond acceptors (Lipinski definition) is 2. The first-order valence-electron chi connectivity index (χ1n) is 7.58. The highest BCUT2D eigenvalue weighted by Gasteiger charge is 2.38. The Hall–Kier alpha value is -1.02. The molecule has 0 aromatic heterocycles. The molecule has 0 amide bonds. The van der Waals surface area contributed by atoms with Gasteiger partial charge in [-0.25, -0.2) is 0 Å². The molecule has 2 atom stereocenters. The molecule has 0 saturated heterocycles. The van der Waals surface area contributed by atoms with Gasteiger partial charge in [0.2, 0.25) is 0 Å². The van der Waals surface area contributed by atoms with Crippen LogP contribution in [0.2, 0.25) is 0 Å². The summed E-state index contributed by atoms with van der Waals surface area (Å²) in [4.78, 5) is 0. The Balaban J connectivity index is 1.76. The second-order valence-corrected chi connectivity index (χ2v) is 6.90. The molecule has 0 bridgehead atoms. The Kier molecular flexibility index (Phi) is 3.30. The van der Waals surface area contributed by atoms with Crippen molar-refractivity contribution in [1.29, 1.82) is 0 Å². The van der Waals surface area contributed by atoms with Crippen molar-refractivity contribution in [2.45, 2.75) is 58.1 Å². The van der Waals surface area contributed by atoms with Gasteiger partial charge in [-0.2, -0.15) is 0 Å². The second-order valence-electron chi connectivity index (χ2n) is 6.90. The molecular formula is C17H25NO. The highest BCUT2D eigenvalue weighted by molar-refractivity contribution is 5.31. The van der Waals surface area contributed by atoms with Gasteiger partial charge < -0.3 is 10.5 Å². The first kappa shape index (κ1) is 13.0. The van der Waals surface area contributed by atoms with Crippen LogP contribution in [-0.4, -0.2) is 6.10 Å². The van der Waals surface area contributed by atoms with Gasteiger partial charge in [0.25, 0.3) is 0 Å². The number of rotatable bonds is 4. The van der Waals surface area contributed by atoms with Gasteiger partial charge in [-0.05, 0) is 54.7 Å². The maximum Gasteiger partial charge on any atom is 0.120 e. The minimum absolute atomic E-state index is 0.139. The average molecular weight is 259 g/mol. The van der Waals surface area contributed by atoms with Gasteiger partial charge in [0.05, 0.1) is 6.10 Å². The van der Waals surface area contributed by atoms with Crippen molar-refractivity contribution in [3.8, 4) is 5.75 Å². The molecule has 2 unspecified atom stereocenters. The SMILES string of the molecule is CC1(C)CCCC1C(N)c1cccc(OC2CC2)c1. The molecule has 2 aliphatic rings. The molecule has 104 valence electrons. The van der Waals surface area contributed by atoms with E-state index in [1.165, 1.54) is 37.7 Å². The predicted molar refractivity (Wildman–Crippen MR) is 78.1 cm³/mol. The highest BCUT2D eigenvalue weighted by Crippen LogP contribution is 2.48. The van der Waals surface area contributed by atoms with E-state index in [9.17, 15) is 0 Å². The van der Waals surface area contributed by atoms with Crippen molar-refractivity contribution in [1.82, 2.24) is 0 Å². The lowest BCUT2D eigenvalue weighted by Crippen LogP contribution is -2.29. The summed E-state index contributed by atoms with van der Waals surface area (Å²) in [5, 5.41) is 0. The van der Waals surface area contributed by atoms with Crippen molar-refractivity contribution in [2.24, 2.45) is 17.1 Å². The van der Waals surface area contributed by atoms with E-state index >= 15 is 0 Å². The predicted octanol–water partition coefficient (Wildman–Crippen LogP) is 4.05. The van der Waals surface area contributed by atoms with E-state index < -0.39 is 0 Å². The normalized spacial score (nSPS) is 27.2. The van der Waals surface area contributed by atoms with Gasteiger partial charge in [0, 0.05) is 6.04 Å². The van der Waals surface area contributed by atoms with Gasteiger partial charge in [-0.1, -0.05) is 32.4 Å². The third kappa shape index (κ3) is 2.79. The molecule has 2 nitrogen and oxygen atoms in total. The number of benzene rings is 1. The van der Waals surface area contributed by atoms with Crippen molar-refractivity contribution < 1.29 is 4.74 Å². The summed E-state index contributed by atoms with van der Waals surface area (Å²) < 4.78 is 5.88. The number of ether oxygens (including phenoxy) is 1. The fraction of sp³-hybridized carbons (Fsp3) is 0.647. The van der Waals surface area contributed by atoms with E-state index in [0.717, 1.165) is 5.75 Å². The lowest BCUT2D eigenvalue weighted by Gasteiger charge is -2.32. The molecule has 3 rings (SSSR count). The van der Waals surface area contributed by atoms with Gasteiger partial charge in [0.1, 0.15) is 5.75 Å². The Labute approximate surface area is 116 Å². The van der Waals surface area contributed by atoms with Crippen molar-refractivity contribution in [3.63, 3.8) is 0 Å². The number of nitrogens with two attached hydrogens (primary N) is 1. The first-order valence-corrected chi connectivity index (χ1v) is 7.58. The zero-order valence-corrected chi connectivity index (χ0v) is 12.1. The fourth-order valence-corrected chi connectivity index (χ4v) is 3.43. The summed E-state index contributed by atoms with van der Waals surface area (Å²) in [5.41, 5.74) is 8.14. The van der Waals surface area contributed by atoms with Crippen LogP contribution in [0.5, 0.6) is 5.75 Å². The fourth-order valence-electron chi connectivity index (χ4n) is 3.43. The van der Waals surface area contributed by atoms with Crippen LogP contribution in [0.15, 0.2) is 24.3 Å². The topological polar surface area (TPSA) is 35.2 Å². The van der Waals surface area contributed by atoms with Crippen molar-refractivity contribution in [2.75, 3.05) is 0 Å². The van der Waals surface area contributed by atoms with E-state index in [4.69, 9.17) is 10.5 Å². The molecule has 2 fully saturated rings. The molecule has 2 heteroatoms. The van der Waals surface area contributed by atoms with E-state index in [1.807, 2.05) is 6.07 Å². The summed E-state index contributed by atoms with van der Waals surface area (Å²) in [6.07, 6.45) is 6.71. The smallest absolute Gasteiger partial charge is 0.120 e. The summed E-state index contributed by atoms with van der Waals surface area (Å²) in [6.45, 7) is 4.71. The van der Waals surface area contributed by atoms with E-state index in [0.29, 0.717) is 17.4 Å². The third-order valence-electron chi connectivity index (χ3n) is 4.84. The van der Waals surface area contributed by atoms with Crippen LogP contribution >= 0.6 is 0 Å². The van der Waals surface area contributed by atoms with Gasteiger partial charge in [0.15, 0.2) is 0 Å². The summed E-state index contributed by atoms with van der Waals surface area (Å²) in [6, 6.07) is 8.57. The molecule has 2 saturated carbocycles. The van der Waals surface area contributed by atoms with Gasteiger partial charge in [-0.3, -0.25) is 0 Å². The van der Waals surface area contributed by atoms with Crippen LogP contribution in [0.25, 0.3) is 0 Å². The standard InChI is InChI=1S/C17H25NO/c1-17(2)10-4-7-15(17)16(18)12-5-3-6-14(11-12)19-13-8-9-13/h3,5-6,11,13,15-16H,4,7-10,18H2,1-2H3. The summed E-state index contributed by atoms with van der Waals surface area (Å²) in [5.74, 6) is 1.58. The zero-order chi connectivity index (χ0) is 13.5. The Bertz CT molecular complexity index is 450. The van der Waals surface area contributed by atoms with Crippen LogP contribution < -0.4 is 10.5 Å². The maximum absolute atomic E-state index is 6.54. The maximum atomic E-state index is 6.54. The molecule has 0 radical (unpaired) electrons. The minimum Gasteiger partial charge on any atom is -0.490 e. The van der Waals surface area contributed by atoms with Crippen LogP contribution in [0.3, 0.4) is 0 Å². The number of hydrogen-bond donors (Lipinski definition) is 1. The molecule has 1 aromatic rings. The largest absolute Gasteiger partial charge is 0.490 e. The lowest BCUT2D eigenvalue weighted by atomic mass is 9.76. The van der Waals surface area contributed by atoms with E-state index in [-0.39, 0.29) is 6.04 Å². The summed E-state index contributed by atoms with van der Waals surface area (Å²) in [7, 11) is 0. The van der Waals surface area contributed by atoms with Gasteiger partial charge in [-0.15, -0.1) is 0 Å². The minimum atomic E-state index is 0.139. The molecular weight excluding hydrogens is 234 g/mol. The van der Waals surface area contributed by atoms with Crippen LogP contribution in [0.4, 0.5) is 0 Å². The molecule has 2 N–H and O–H groups in total. The molecule has 0 heterocycles. The van der Waals surface area contributed by atoms with Crippen LogP contribution in [0.1, 0.15) is 57.6 Å². The average Bonchev–Trinajstić information content (AvgIpc) is 3.11. The quantitative estimate of drug-likeness (QED) is 0.885. The van der Waals surface area contributed by atoms with Crippen LogP contribution in [-0.2, 0) is 0 Å². The molecule has 2 aliphatic carbocycles. The van der Waals surface area contributed by atoms with Gasteiger partial charge >= 0.3 is 0 Å². The monoisotopic (exact) mass is 259 g/mol. The Morgan fingerprint density at radius 1 is 1.26 bits per heavy atom. The summed E-state index contributed by atoms with van der Waals surface area (Å²) >= 11 is 0. The van der Waals surface area contributed by atoms with Crippen LogP contribution in [0, 0.1) is 11.3 Å². The molecule has 1 aromatic carbocycles. The molecule has 0 aliphatic heterocycles. The molecule has 0 spiro atoms. The molecule has 19 heavy (non-hydrogen) atoms. The van der Waals surface area contributed by atoms with E-state index in [1.54, 1.807) is 0 Å². The van der Waals surface area contributed by atoms with E-state index in [2.05, 4.69) is 32.0 Å². The zero-order valence-electron chi connectivity index (χ0n) is 12.1. The Morgan fingerprint density at radius 2 is 2.05 bits per heavy atom. The highest BCUT2D eigenvalue weighted by atomic mass is 16.5. The lowest BCUT2D eigenvalue weighted by molar-refractivity contribution is 0.221. The third-order valence-corrected chi connectivity index (χ3v) is 4.84. The Morgan fingerprint density at radius 3 is 2.68 bits per heavy atom. The first-order chi connectivity index (χ1) is 9.06. The van der Waals surface area contributed by atoms with Crippen molar-refractivity contribution in [3.05, 3.63) is 29.8 Å². The van der Waals surface area contributed by atoms with Crippen molar-refractivity contribution >= 4 is 0 Å². The second kappa shape index (κ2) is 4.82.